The third-order valence-electron chi connectivity index (χ3n) is 4.59. The van der Waals surface area contributed by atoms with Crippen molar-refractivity contribution in [3.63, 3.8) is 0 Å². The Bertz CT molecular complexity index is 584. The molecule has 8 nitrogen and oxygen atoms in total. The van der Waals surface area contributed by atoms with Crippen LogP contribution < -0.4 is 5.32 Å². The van der Waals surface area contributed by atoms with Crippen molar-refractivity contribution in [2.75, 3.05) is 47.1 Å². The van der Waals surface area contributed by atoms with Crippen LogP contribution in [-0.2, 0) is 20.8 Å². The fourth-order valence-electron chi connectivity index (χ4n) is 3.23. The summed E-state index contributed by atoms with van der Waals surface area (Å²) >= 11 is 0. The van der Waals surface area contributed by atoms with Crippen LogP contribution in [0.3, 0.4) is 0 Å². The van der Waals surface area contributed by atoms with Gasteiger partial charge >= 0.3 is 6.03 Å². The molecule has 27 heavy (non-hydrogen) atoms. The highest BCUT2D eigenvalue weighted by Crippen LogP contribution is 2.19. The van der Waals surface area contributed by atoms with E-state index in [0.717, 1.165) is 24.8 Å². The fourth-order valence-corrected chi connectivity index (χ4v) is 3.23. The minimum atomic E-state index is -0.0867. The number of ether oxygens (including phenoxy) is 2. The molecule has 0 aromatic carbocycles. The number of nitrogens with one attached hydrogen (secondary N) is 1. The Morgan fingerprint density at radius 1 is 1.37 bits per heavy atom. The lowest BCUT2D eigenvalue weighted by Gasteiger charge is -2.39. The number of piperidine rings is 1. The van der Waals surface area contributed by atoms with Crippen LogP contribution in [0, 0.1) is 0 Å². The van der Waals surface area contributed by atoms with Crippen LogP contribution in [0.25, 0.3) is 0 Å². The molecule has 1 atom stereocenters. The first-order chi connectivity index (χ1) is 13.2. The molecule has 0 saturated carbocycles. The Morgan fingerprint density at radius 2 is 2.22 bits per heavy atom. The van der Waals surface area contributed by atoms with Crippen LogP contribution in [0.5, 0.6) is 0 Å². The van der Waals surface area contributed by atoms with Gasteiger partial charge in [0.05, 0.1) is 0 Å². The van der Waals surface area contributed by atoms with Crippen LogP contribution in [0.1, 0.15) is 24.8 Å². The van der Waals surface area contributed by atoms with Crippen molar-refractivity contribution in [2.45, 2.75) is 31.8 Å². The number of pyridine rings is 1. The minimum Gasteiger partial charge on any atom is -0.385 e. The summed E-state index contributed by atoms with van der Waals surface area (Å²) in [7, 11) is 3.16. The molecule has 150 valence electrons. The van der Waals surface area contributed by atoms with Crippen molar-refractivity contribution in [1.82, 2.24) is 20.1 Å². The first kappa shape index (κ1) is 21.1. The molecule has 2 rings (SSSR count). The second kappa shape index (κ2) is 11.5. The number of nitrogens with zero attached hydrogens (tertiary/aromatic N) is 3. The number of urea groups is 1. The number of carbonyl (C=O) groups is 2. The van der Waals surface area contributed by atoms with Gasteiger partial charge in [0.1, 0.15) is 6.61 Å². The van der Waals surface area contributed by atoms with Gasteiger partial charge in [-0.25, -0.2) is 4.79 Å². The third-order valence-corrected chi connectivity index (χ3v) is 4.59. The van der Waals surface area contributed by atoms with Crippen LogP contribution >= 0.6 is 0 Å². The van der Waals surface area contributed by atoms with E-state index in [1.54, 1.807) is 24.4 Å². The highest BCUT2D eigenvalue weighted by Gasteiger charge is 2.30. The molecule has 3 amide bonds. The number of likely N-dealkylation sites (tertiary alicyclic amines) is 1. The number of hydrogen-bond donors (Lipinski definition) is 1. The number of methoxy groups -OCH3 is 2. The molecule has 1 N–H and O–H groups in total. The van der Waals surface area contributed by atoms with E-state index in [0.29, 0.717) is 32.8 Å². The maximum atomic E-state index is 12.6. The van der Waals surface area contributed by atoms with E-state index in [1.165, 1.54) is 7.11 Å². The third kappa shape index (κ3) is 6.80. The summed E-state index contributed by atoms with van der Waals surface area (Å²) < 4.78 is 10.0. The monoisotopic (exact) mass is 378 g/mol. The molecule has 0 bridgehead atoms. The van der Waals surface area contributed by atoms with Gasteiger partial charge in [-0.15, -0.1) is 0 Å². The molecular weight excluding hydrogens is 348 g/mol. The Hall–Kier alpha value is -2.19. The van der Waals surface area contributed by atoms with Gasteiger partial charge in [-0.1, -0.05) is 6.07 Å². The van der Waals surface area contributed by atoms with Crippen LogP contribution in [-0.4, -0.2) is 79.8 Å². The van der Waals surface area contributed by atoms with Gasteiger partial charge < -0.3 is 24.6 Å². The fraction of sp³-hybridized carbons (Fsp3) is 0.632. The van der Waals surface area contributed by atoms with Gasteiger partial charge in [-0.05, 0) is 30.9 Å². The lowest BCUT2D eigenvalue weighted by atomic mass is 10.0. The van der Waals surface area contributed by atoms with Crippen molar-refractivity contribution in [2.24, 2.45) is 0 Å². The van der Waals surface area contributed by atoms with Gasteiger partial charge in [0.25, 0.3) is 0 Å². The van der Waals surface area contributed by atoms with Crippen molar-refractivity contribution < 1.29 is 19.1 Å². The first-order valence-electron chi connectivity index (χ1n) is 9.34. The molecule has 1 aliphatic rings. The van der Waals surface area contributed by atoms with Crippen LogP contribution in [0.4, 0.5) is 4.79 Å². The highest BCUT2D eigenvalue weighted by molar-refractivity contribution is 5.78. The summed E-state index contributed by atoms with van der Waals surface area (Å²) in [5.74, 6) is -0.0753. The molecule has 1 aromatic rings. The highest BCUT2D eigenvalue weighted by atomic mass is 16.5. The van der Waals surface area contributed by atoms with E-state index in [-0.39, 0.29) is 24.6 Å². The Labute approximate surface area is 160 Å². The van der Waals surface area contributed by atoms with Gasteiger partial charge in [0, 0.05) is 65.4 Å². The summed E-state index contributed by atoms with van der Waals surface area (Å²) in [6.07, 6.45) is 5.97. The Kier molecular flexibility index (Phi) is 9.00. The zero-order valence-corrected chi connectivity index (χ0v) is 16.2. The van der Waals surface area contributed by atoms with Gasteiger partial charge in [-0.2, -0.15) is 0 Å². The second-order valence-corrected chi connectivity index (χ2v) is 6.64. The summed E-state index contributed by atoms with van der Waals surface area (Å²) in [4.78, 5) is 32.8. The molecule has 0 spiro atoms. The zero-order valence-electron chi connectivity index (χ0n) is 16.2. The number of carbonyl (C=O) groups excluding carboxylic acids is 2. The quantitative estimate of drug-likeness (QED) is 0.654. The topological polar surface area (TPSA) is 84.0 Å². The smallest absolute Gasteiger partial charge is 0.317 e. The van der Waals surface area contributed by atoms with Crippen LogP contribution in [0.15, 0.2) is 24.5 Å². The summed E-state index contributed by atoms with van der Waals surface area (Å²) in [5.41, 5.74) is 0.961. The summed E-state index contributed by atoms with van der Waals surface area (Å²) in [6.45, 7) is 2.91. The molecule has 1 fully saturated rings. The standard InChI is InChI=1S/C19H30N4O4/c1-26-11-5-9-21-19(25)22-10-4-7-17(14-22)23(18(24)15-27-2)13-16-6-3-8-20-12-16/h3,6,8,12,17H,4-5,7,9-11,13-15H2,1-2H3,(H,21,25). The van der Waals surface area contributed by atoms with E-state index in [1.807, 2.05) is 17.0 Å². The largest absolute Gasteiger partial charge is 0.385 e. The number of aromatic nitrogens is 1. The Balaban J connectivity index is 1.99. The van der Waals surface area contributed by atoms with E-state index in [2.05, 4.69) is 10.3 Å². The SMILES string of the molecule is COCCCNC(=O)N1CCCC(N(Cc2cccnc2)C(=O)COC)C1. The molecule has 0 radical (unpaired) electrons. The van der Waals surface area contributed by atoms with Crippen molar-refractivity contribution >= 4 is 11.9 Å². The molecule has 1 unspecified atom stereocenters. The molecular formula is C19H30N4O4. The molecule has 0 aliphatic carbocycles. The molecule has 1 aliphatic heterocycles. The lowest BCUT2D eigenvalue weighted by molar-refractivity contribution is -0.139. The number of rotatable bonds is 9. The van der Waals surface area contributed by atoms with Crippen molar-refractivity contribution in [3.05, 3.63) is 30.1 Å². The predicted molar refractivity (Wildman–Crippen MR) is 101 cm³/mol. The van der Waals surface area contributed by atoms with Crippen molar-refractivity contribution in [1.29, 1.82) is 0 Å². The molecule has 1 saturated heterocycles. The summed E-state index contributed by atoms with van der Waals surface area (Å²) in [6, 6.07) is 3.68. The average molecular weight is 378 g/mol. The van der Waals surface area contributed by atoms with Gasteiger partial charge in [-0.3, -0.25) is 9.78 Å². The molecule has 8 heteroatoms. The van der Waals surface area contributed by atoms with E-state index in [4.69, 9.17) is 9.47 Å². The second-order valence-electron chi connectivity index (χ2n) is 6.64. The maximum Gasteiger partial charge on any atom is 0.317 e. The summed E-state index contributed by atoms with van der Waals surface area (Å²) in [5, 5.41) is 2.92. The Morgan fingerprint density at radius 3 is 2.93 bits per heavy atom. The van der Waals surface area contributed by atoms with Crippen molar-refractivity contribution in [3.8, 4) is 0 Å². The normalized spacial score (nSPS) is 16.8. The van der Waals surface area contributed by atoms with Gasteiger partial charge in [0.2, 0.25) is 5.91 Å². The average Bonchev–Trinajstić information content (AvgIpc) is 2.70. The molecule has 2 heterocycles. The molecule has 1 aromatic heterocycles. The van der Waals surface area contributed by atoms with E-state index in [9.17, 15) is 9.59 Å². The van der Waals surface area contributed by atoms with Crippen LogP contribution in [0.2, 0.25) is 0 Å². The van der Waals surface area contributed by atoms with Gasteiger partial charge in [0.15, 0.2) is 0 Å². The zero-order chi connectivity index (χ0) is 19.5. The van der Waals surface area contributed by atoms with E-state index < -0.39 is 0 Å². The maximum absolute atomic E-state index is 12.6. The van der Waals surface area contributed by atoms with E-state index >= 15 is 0 Å². The number of amides is 3. The minimum absolute atomic E-state index is 0.0278. The predicted octanol–water partition coefficient (Wildman–Crippen LogP) is 1.27. The lowest BCUT2D eigenvalue weighted by Crippen LogP contribution is -2.54. The first-order valence-corrected chi connectivity index (χ1v) is 9.34. The number of hydrogen-bond acceptors (Lipinski definition) is 5.